The Labute approximate surface area is 294 Å². The van der Waals surface area contributed by atoms with E-state index in [4.69, 9.17) is 0 Å². The Hall–Kier alpha value is -6.22. The van der Waals surface area contributed by atoms with Crippen LogP contribution in [0.1, 0.15) is 0 Å². The molecule has 0 spiro atoms. The molecule has 2 heteroatoms. The standard InChI is InChI=1S/C48H31NS/c1-2-14-33(15-3-1)37-22-10-11-26-45(37)49(46-27-13-19-34-17-5-7-21-38(34)46)35-28-29-41-44-31-43(39-25-12-18-32-16-4-6-20-36(32)39)40-23-8-9-24-42(40)48(44)50-47(41)30-35/h1-31H. The lowest BCUT2D eigenvalue weighted by Gasteiger charge is -2.29. The Bertz CT molecular complexity index is 2870. The van der Waals surface area contributed by atoms with Gasteiger partial charge in [0.2, 0.25) is 0 Å². The first kappa shape index (κ1) is 28.8. The molecule has 0 amide bonds. The zero-order valence-corrected chi connectivity index (χ0v) is 28.1. The molecule has 0 fully saturated rings. The van der Waals surface area contributed by atoms with Crippen molar-refractivity contribution in [3.05, 3.63) is 188 Å². The molecule has 9 aromatic carbocycles. The van der Waals surface area contributed by atoms with E-state index in [2.05, 4.69) is 193 Å². The number of hydrogen-bond donors (Lipinski definition) is 0. The molecule has 0 saturated heterocycles. The molecule has 0 bridgehead atoms. The zero-order valence-electron chi connectivity index (χ0n) is 27.3. The average molecular weight is 654 g/mol. The molecule has 234 valence electrons. The molecule has 1 heterocycles. The molecule has 50 heavy (non-hydrogen) atoms. The smallest absolute Gasteiger partial charge is 0.0540 e. The van der Waals surface area contributed by atoms with Crippen molar-refractivity contribution in [1.29, 1.82) is 0 Å². The average Bonchev–Trinajstić information content (AvgIpc) is 3.56. The lowest BCUT2D eigenvalue weighted by molar-refractivity contribution is 1.30. The molecule has 0 N–H and O–H groups in total. The predicted octanol–water partition coefficient (Wildman–Crippen LogP) is 14.3. The monoisotopic (exact) mass is 653 g/mol. The van der Waals surface area contributed by atoms with Crippen LogP contribution in [0.15, 0.2) is 188 Å². The SMILES string of the molecule is c1ccc(-c2ccccc2N(c2ccc3c(c2)sc2c4ccccc4c(-c4cccc5ccccc45)cc32)c2cccc3ccccc23)cc1. The molecule has 1 aromatic heterocycles. The number of thiophene rings is 1. The summed E-state index contributed by atoms with van der Waals surface area (Å²) in [5.41, 5.74) is 8.41. The molecular formula is C48H31NS. The van der Waals surface area contributed by atoms with Crippen LogP contribution in [0.25, 0.3) is 74.7 Å². The molecule has 0 unspecified atom stereocenters. The summed E-state index contributed by atoms with van der Waals surface area (Å²) in [5, 5.41) is 10.2. The van der Waals surface area contributed by atoms with E-state index >= 15 is 0 Å². The van der Waals surface area contributed by atoms with Gasteiger partial charge >= 0.3 is 0 Å². The molecule has 10 rings (SSSR count). The first-order valence-corrected chi connectivity index (χ1v) is 17.9. The van der Waals surface area contributed by atoms with Crippen LogP contribution in [0.3, 0.4) is 0 Å². The zero-order chi connectivity index (χ0) is 33.0. The summed E-state index contributed by atoms with van der Waals surface area (Å²) in [6.07, 6.45) is 0. The summed E-state index contributed by atoms with van der Waals surface area (Å²) in [6, 6.07) is 68.6. The normalized spacial score (nSPS) is 11.6. The highest BCUT2D eigenvalue weighted by molar-refractivity contribution is 7.26. The van der Waals surface area contributed by atoms with E-state index in [1.807, 2.05) is 11.3 Å². The van der Waals surface area contributed by atoms with Gasteiger partial charge in [0.15, 0.2) is 0 Å². The maximum atomic E-state index is 2.45. The van der Waals surface area contributed by atoms with Crippen molar-refractivity contribution < 1.29 is 0 Å². The quantitative estimate of drug-likeness (QED) is 0.179. The Kier molecular flexibility index (Phi) is 6.75. The molecule has 0 atom stereocenters. The topological polar surface area (TPSA) is 3.24 Å². The van der Waals surface area contributed by atoms with Gasteiger partial charge in [0, 0.05) is 42.2 Å². The van der Waals surface area contributed by atoms with Crippen molar-refractivity contribution in [2.24, 2.45) is 0 Å². The molecule has 0 aliphatic rings. The van der Waals surface area contributed by atoms with Gasteiger partial charge in [-0.05, 0) is 68.6 Å². The third kappa shape index (κ3) is 4.61. The van der Waals surface area contributed by atoms with E-state index in [1.54, 1.807) is 0 Å². The molecule has 10 aromatic rings. The highest BCUT2D eigenvalue weighted by atomic mass is 32.1. The van der Waals surface area contributed by atoms with Gasteiger partial charge in [0.1, 0.15) is 0 Å². The number of anilines is 3. The summed E-state index contributed by atoms with van der Waals surface area (Å²) < 4.78 is 2.61. The van der Waals surface area contributed by atoms with Gasteiger partial charge in [-0.1, -0.05) is 158 Å². The molecular weight excluding hydrogens is 623 g/mol. The second kappa shape index (κ2) is 11.7. The number of benzene rings is 9. The molecule has 0 saturated carbocycles. The van der Waals surface area contributed by atoms with Crippen LogP contribution in [-0.4, -0.2) is 0 Å². The first-order chi connectivity index (χ1) is 24.8. The minimum atomic E-state index is 1.14. The van der Waals surface area contributed by atoms with Crippen LogP contribution >= 0.6 is 11.3 Å². The van der Waals surface area contributed by atoms with Gasteiger partial charge < -0.3 is 4.90 Å². The van der Waals surface area contributed by atoms with Crippen LogP contribution in [0.2, 0.25) is 0 Å². The summed E-state index contributed by atoms with van der Waals surface area (Å²) in [4.78, 5) is 2.45. The third-order valence-electron chi connectivity index (χ3n) is 10.0. The van der Waals surface area contributed by atoms with Gasteiger partial charge in [0.05, 0.1) is 11.4 Å². The van der Waals surface area contributed by atoms with E-state index in [1.165, 1.54) is 74.7 Å². The minimum Gasteiger partial charge on any atom is -0.309 e. The van der Waals surface area contributed by atoms with Crippen LogP contribution in [0.4, 0.5) is 17.1 Å². The molecule has 1 nitrogen and oxygen atoms in total. The van der Waals surface area contributed by atoms with Crippen LogP contribution in [0.5, 0.6) is 0 Å². The first-order valence-electron chi connectivity index (χ1n) is 17.1. The summed E-state index contributed by atoms with van der Waals surface area (Å²) >= 11 is 1.90. The predicted molar refractivity (Wildman–Crippen MR) is 217 cm³/mol. The number of rotatable bonds is 5. The largest absolute Gasteiger partial charge is 0.309 e. The Morgan fingerprint density at radius 1 is 0.340 bits per heavy atom. The third-order valence-corrected chi connectivity index (χ3v) is 11.2. The summed E-state index contributed by atoms with van der Waals surface area (Å²) in [6.45, 7) is 0. The van der Waals surface area contributed by atoms with Gasteiger partial charge in [-0.2, -0.15) is 0 Å². The Morgan fingerprint density at radius 3 is 1.78 bits per heavy atom. The number of hydrogen-bond acceptors (Lipinski definition) is 2. The van der Waals surface area contributed by atoms with E-state index in [9.17, 15) is 0 Å². The fourth-order valence-corrected chi connectivity index (χ4v) is 9.00. The van der Waals surface area contributed by atoms with Crippen LogP contribution in [0, 0.1) is 0 Å². The molecule has 0 aliphatic carbocycles. The second-order valence-electron chi connectivity index (χ2n) is 12.9. The van der Waals surface area contributed by atoms with Gasteiger partial charge in [-0.25, -0.2) is 0 Å². The van der Waals surface area contributed by atoms with Crippen LogP contribution < -0.4 is 4.90 Å². The van der Waals surface area contributed by atoms with E-state index in [0.717, 1.165) is 17.1 Å². The van der Waals surface area contributed by atoms with E-state index < -0.39 is 0 Å². The summed E-state index contributed by atoms with van der Waals surface area (Å²) in [7, 11) is 0. The van der Waals surface area contributed by atoms with Crippen LogP contribution in [-0.2, 0) is 0 Å². The van der Waals surface area contributed by atoms with E-state index in [-0.39, 0.29) is 0 Å². The lowest BCUT2D eigenvalue weighted by atomic mass is 9.92. The highest BCUT2D eigenvalue weighted by Gasteiger charge is 2.21. The van der Waals surface area contributed by atoms with Crippen molar-refractivity contribution in [3.63, 3.8) is 0 Å². The fourth-order valence-electron chi connectivity index (χ4n) is 7.75. The van der Waals surface area contributed by atoms with Gasteiger partial charge in [-0.15, -0.1) is 11.3 Å². The van der Waals surface area contributed by atoms with Crippen molar-refractivity contribution in [2.45, 2.75) is 0 Å². The van der Waals surface area contributed by atoms with Gasteiger partial charge in [-0.3, -0.25) is 0 Å². The van der Waals surface area contributed by atoms with E-state index in [0.29, 0.717) is 0 Å². The Morgan fingerprint density at radius 2 is 0.940 bits per heavy atom. The maximum Gasteiger partial charge on any atom is 0.0540 e. The van der Waals surface area contributed by atoms with Crippen molar-refractivity contribution in [3.8, 4) is 22.3 Å². The van der Waals surface area contributed by atoms with Crippen molar-refractivity contribution in [1.82, 2.24) is 0 Å². The minimum absolute atomic E-state index is 1.14. The fraction of sp³-hybridized carbons (Fsp3) is 0. The lowest BCUT2D eigenvalue weighted by Crippen LogP contribution is -2.11. The Balaban J connectivity index is 1.23. The van der Waals surface area contributed by atoms with Crippen molar-refractivity contribution in [2.75, 3.05) is 4.90 Å². The maximum absolute atomic E-state index is 2.45. The second-order valence-corrected chi connectivity index (χ2v) is 13.9. The number of fused-ring (bicyclic) bond motifs is 7. The molecule has 0 radical (unpaired) electrons. The highest BCUT2D eigenvalue weighted by Crippen LogP contribution is 2.48. The molecule has 0 aliphatic heterocycles. The number of nitrogens with zero attached hydrogens (tertiary/aromatic N) is 1. The van der Waals surface area contributed by atoms with Gasteiger partial charge in [0.25, 0.3) is 0 Å². The summed E-state index contributed by atoms with van der Waals surface area (Å²) in [5.74, 6) is 0. The van der Waals surface area contributed by atoms with Crippen molar-refractivity contribution >= 4 is 80.9 Å². The number of para-hydroxylation sites is 1.